The van der Waals surface area contributed by atoms with Gasteiger partial charge in [-0.2, -0.15) is 0 Å². The fourth-order valence-electron chi connectivity index (χ4n) is 3.54. The van der Waals surface area contributed by atoms with Crippen molar-refractivity contribution in [1.82, 2.24) is 15.4 Å². The van der Waals surface area contributed by atoms with E-state index in [4.69, 9.17) is 4.52 Å². The number of aryl methyl sites for hydroxylation is 2. The van der Waals surface area contributed by atoms with Gasteiger partial charge in [0.05, 0.1) is 11.3 Å². The molecule has 1 aliphatic rings. The Labute approximate surface area is 165 Å². The Morgan fingerprint density at radius 2 is 2.15 bits per heavy atom. The zero-order valence-electron chi connectivity index (χ0n) is 16.5. The quantitative estimate of drug-likeness (QED) is 0.722. The molecule has 0 radical (unpaired) electrons. The van der Waals surface area contributed by atoms with Gasteiger partial charge in [0.1, 0.15) is 5.76 Å². The topological polar surface area (TPSA) is 58.4 Å². The normalized spacial score (nSPS) is 17.8. The third-order valence-corrected chi connectivity index (χ3v) is 6.41. The molecule has 1 atom stereocenters. The molecule has 0 aliphatic carbocycles. The number of rotatable bonds is 7. The molecule has 1 N–H and O–H groups in total. The number of nitrogens with zero attached hydrogens (tertiary/aromatic N) is 2. The fourth-order valence-corrected chi connectivity index (χ4v) is 4.74. The second kappa shape index (κ2) is 9.42. The molecule has 6 heteroatoms. The van der Waals surface area contributed by atoms with E-state index in [1.165, 1.54) is 19.3 Å². The van der Waals surface area contributed by atoms with Gasteiger partial charge in [-0.1, -0.05) is 23.7 Å². The zero-order valence-corrected chi connectivity index (χ0v) is 17.3. The van der Waals surface area contributed by atoms with Crippen molar-refractivity contribution >= 4 is 17.7 Å². The standard InChI is InChI=1S/C21H29N3O2S/c1-15-8-6-7-12-24(15)13-11-22-21(25)18-9-4-5-10-20(18)27-14-19-16(2)23-26-17(19)3/h4-5,9-10,15H,6-8,11-14H2,1-3H3,(H,22,25). The predicted octanol–water partition coefficient (Wildman–Crippen LogP) is 4.19. The summed E-state index contributed by atoms with van der Waals surface area (Å²) < 4.78 is 5.23. The van der Waals surface area contributed by atoms with Crippen LogP contribution in [0.15, 0.2) is 33.7 Å². The van der Waals surface area contributed by atoms with Gasteiger partial charge in [-0.25, -0.2) is 0 Å². The van der Waals surface area contributed by atoms with Gasteiger partial charge in [0.25, 0.3) is 5.91 Å². The minimum atomic E-state index is 0.00141. The Kier molecular flexibility index (Phi) is 6.96. The van der Waals surface area contributed by atoms with Crippen molar-refractivity contribution < 1.29 is 9.32 Å². The van der Waals surface area contributed by atoms with E-state index in [9.17, 15) is 4.79 Å². The maximum atomic E-state index is 12.7. The second-order valence-electron chi connectivity index (χ2n) is 7.22. The number of piperidine rings is 1. The summed E-state index contributed by atoms with van der Waals surface area (Å²) in [5.41, 5.74) is 2.76. The summed E-state index contributed by atoms with van der Waals surface area (Å²) >= 11 is 1.65. The molecular formula is C21H29N3O2S. The van der Waals surface area contributed by atoms with Crippen LogP contribution in [0.3, 0.4) is 0 Å². The highest BCUT2D eigenvalue weighted by molar-refractivity contribution is 7.98. The van der Waals surface area contributed by atoms with E-state index in [1.807, 2.05) is 38.1 Å². The van der Waals surface area contributed by atoms with Crippen molar-refractivity contribution in [2.75, 3.05) is 19.6 Å². The number of benzene rings is 1. The van der Waals surface area contributed by atoms with Gasteiger partial charge in [-0.05, 0) is 52.3 Å². The lowest BCUT2D eigenvalue weighted by molar-refractivity contribution is 0.0935. The maximum Gasteiger partial charge on any atom is 0.252 e. The van der Waals surface area contributed by atoms with Crippen LogP contribution in [-0.2, 0) is 5.75 Å². The Hall–Kier alpha value is -1.79. The van der Waals surface area contributed by atoms with E-state index in [1.54, 1.807) is 11.8 Å². The number of hydrogen-bond donors (Lipinski definition) is 1. The van der Waals surface area contributed by atoms with E-state index >= 15 is 0 Å². The number of hydrogen-bond acceptors (Lipinski definition) is 5. The molecule has 1 aliphatic heterocycles. The summed E-state index contributed by atoms with van der Waals surface area (Å²) in [6.45, 7) is 8.90. The SMILES string of the molecule is Cc1noc(C)c1CSc1ccccc1C(=O)NCCN1CCCCC1C. The van der Waals surface area contributed by atoms with Crippen LogP contribution in [0.2, 0.25) is 0 Å². The van der Waals surface area contributed by atoms with Gasteiger partial charge in [0.15, 0.2) is 0 Å². The molecule has 0 bridgehead atoms. The summed E-state index contributed by atoms with van der Waals surface area (Å²) in [6, 6.07) is 8.41. The molecule has 0 saturated carbocycles. The number of carbonyl (C=O) groups is 1. The molecule has 1 amide bonds. The molecule has 146 valence electrons. The van der Waals surface area contributed by atoms with Crippen LogP contribution >= 0.6 is 11.8 Å². The molecule has 1 aromatic carbocycles. The van der Waals surface area contributed by atoms with Gasteiger partial charge >= 0.3 is 0 Å². The number of nitrogens with one attached hydrogen (secondary N) is 1. The van der Waals surface area contributed by atoms with Crippen LogP contribution in [-0.4, -0.2) is 41.6 Å². The van der Waals surface area contributed by atoms with Gasteiger partial charge in [0.2, 0.25) is 0 Å². The van der Waals surface area contributed by atoms with E-state index < -0.39 is 0 Å². The highest BCUT2D eigenvalue weighted by atomic mass is 32.2. The van der Waals surface area contributed by atoms with Crippen LogP contribution in [0, 0.1) is 13.8 Å². The highest BCUT2D eigenvalue weighted by Gasteiger charge is 2.18. The Morgan fingerprint density at radius 3 is 2.89 bits per heavy atom. The molecule has 0 spiro atoms. The van der Waals surface area contributed by atoms with Crippen LogP contribution in [0.5, 0.6) is 0 Å². The number of aromatic nitrogens is 1. The first-order valence-electron chi connectivity index (χ1n) is 9.72. The molecule has 27 heavy (non-hydrogen) atoms. The van der Waals surface area contributed by atoms with Crippen molar-refractivity contribution in [3.8, 4) is 0 Å². The molecule has 2 aromatic rings. The van der Waals surface area contributed by atoms with E-state index in [2.05, 4.69) is 22.3 Å². The number of amides is 1. The first kappa shape index (κ1) is 20.0. The lowest BCUT2D eigenvalue weighted by Crippen LogP contribution is -2.42. The average Bonchev–Trinajstić information content (AvgIpc) is 2.99. The minimum absolute atomic E-state index is 0.00141. The lowest BCUT2D eigenvalue weighted by atomic mass is 10.0. The molecule has 2 heterocycles. The number of carbonyl (C=O) groups excluding carboxylic acids is 1. The summed E-state index contributed by atoms with van der Waals surface area (Å²) in [4.78, 5) is 16.2. The number of thioether (sulfide) groups is 1. The van der Waals surface area contributed by atoms with Crippen molar-refractivity contribution in [1.29, 1.82) is 0 Å². The van der Waals surface area contributed by atoms with Crippen LogP contribution in [0.4, 0.5) is 0 Å². The summed E-state index contributed by atoms with van der Waals surface area (Å²) in [5, 5.41) is 7.10. The van der Waals surface area contributed by atoms with Crippen LogP contribution < -0.4 is 5.32 Å². The van der Waals surface area contributed by atoms with Crippen molar-refractivity contribution in [2.45, 2.75) is 56.7 Å². The number of likely N-dealkylation sites (tertiary alicyclic amines) is 1. The van der Waals surface area contributed by atoms with E-state index in [-0.39, 0.29) is 5.91 Å². The Bertz CT molecular complexity index is 755. The van der Waals surface area contributed by atoms with Gasteiger partial charge in [-0.3, -0.25) is 9.69 Å². The average molecular weight is 388 g/mol. The minimum Gasteiger partial charge on any atom is -0.361 e. The predicted molar refractivity (Wildman–Crippen MR) is 109 cm³/mol. The maximum absolute atomic E-state index is 12.7. The van der Waals surface area contributed by atoms with Gasteiger partial charge < -0.3 is 9.84 Å². The smallest absolute Gasteiger partial charge is 0.252 e. The first-order valence-corrected chi connectivity index (χ1v) is 10.7. The molecule has 1 saturated heterocycles. The van der Waals surface area contributed by atoms with Crippen molar-refractivity contribution in [2.24, 2.45) is 0 Å². The summed E-state index contributed by atoms with van der Waals surface area (Å²) in [5.74, 6) is 1.59. The lowest BCUT2D eigenvalue weighted by Gasteiger charge is -2.33. The van der Waals surface area contributed by atoms with Gasteiger partial charge in [0, 0.05) is 35.3 Å². The molecule has 1 aromatic heterocycles. The van der Waals surface area contributed by atoms with Gasteiger partial charge in [-0.15, -0.1) is 11.8 Å². The fraction of sp³-hybridized carbons (Fsp3) is 0.524. The van der Waals surface area contributed by atoms with Crippen LogP contribution in [0.25, 0.3) is 0 Å². The summed E-state index contributed by atoms with van der Waals surface area (Å²) in [6.07, 6.45) is 3.84. The molecule has 3 rings (SSSR count). The first-order chi connectivity index (χ1) is 13.1. The molecule has 1 unspecified atom stereocenters. The third kappa shape index (κ3) is 5.14. The van der Waals surface area contributed by atoms with Crippen molar-refractivity contribution in [3.63, 3.8) is 0 Å². The summed E-state index contributed by atoms with van der Waals surface area (Å²) in [7, 11) is 0. The van der Waals surface area contributed by atoms with E-state index in [0.717, 1.165) is 46.3 Å². The molecule has 1 fully saturated rings. The third-order valence-electron chi connectivity index (χ3n) is 5.31. The molecule has 5 nitrogen and oxygen atoms in total. The Balaban J connectivity index is 1.57. The van der Waals surface area contributed by atoms with Crippen LogP contribution in [0.1, 0.15) is 53.6 Å². The Morgan fingerprint density at radius 1 is 1.33 bits per heavy atom. The monoisotopic (exact) mass is 387 g/mol. The largest absolute Gasteiger partial charge is 0.361 e. The van der Waals surface area contributed by atoms with E-state index in [0.29, 0.717) is 12.6 Å². The van der Waals surface area contributed by atoms with Crippen molar-refractivity contribution in [3.05, 3.63) is 46.8 Å². The zero-order chi connectivity index (χ0) is 19.2. The molecular weight excluding hydrogens is 358 g/mol. The highest BCUT2D eigenvalue weighted by Crippen LogP contribution is 2.28. The second-order valence-corrected chi connectivity index (χ2v) is 8.24.